The second kappa shape index (κ2) is 4.66. The Morgan fingerprint density at radius 3 is 2.44 bits per heavy atom. The van der Waals surface area contributed by atoms with Crippen molar-refractivity contribution >= 4 is 23.2 Å². The Balaban J connectivity index is 2.26. The molecule has 18 heavy (non-hydrogen) atoms. The van der Waals surface area contributed by atoms with Crippen molar-refractivity contribution in [1.82, 2.24) is 0 Å². The van der Waals surface area contributed by atoms with Crippen molar-refractivity contribution in [3.05, 3.63) is 17.2 Å². The number of nitrogens with two attached hydrogens (primary N) is 1. The Hall–Kier alpha value is -1.46. The lowest BCUT2D eigenvalue weighted by atomic mass is 10.2. The van der Waals surface area contributed by atoms with Crippen molar-refractivity contribution < 1.29 is 14.3 Å². The van der Waals surface area contributed by atoms with Gasteiger partial charge in [-0.05, 0) is 18.9 Å². The van der Waals surface area contributed by atoms with E-state index in [1.165, 1.54) is 14.2 Å². The summed E-state index contributed by atoms with van der Waals surface area (Å²) in [6.45, 7) is 0. The number of carbonyl (C=O) groups excluding carboxylic acids is 1. The molecule has 0 saturated heterocycles. The number of carbonyl (C=O) groups is 1. The van der Waals surface area contributed by atoms with Crippen LogP contribution in [0.15, 0.2) is 12.1 Å². The van der Waals surface area contributed by atoms with Crippen LogP contribution in [0, 0.1) is 0 Å². The van der Waals surface area contributed by atoms with Gasteiger partial charge in [0.2, 0.25) is 5.91 Å². The van der Waals surface area contributed by atoms with Crippen molar-refractivity contribution in [2.24, 2.45) is 5.73 Å². The van der Waals surface area contributed by atoms with Crippen LogP contribution in [0.3, 0.4) is 0 Å². The number of benzene rings is 1. The van der Waals surface area contributed by atoms with Gasteiger partial charge in [0.05, 0.1) is 30.5 Å². The number of anilines is 1. The van der Waals surface area contributed by atoms with Crippen LogP contribution < -0.4 is 20.5 Å². The Kier molecular flexibility index (Phi) is 3.36. The zero-order valence-electron chi connectivity index (χ0n) is 10.2. The molecule has 0 spiro atoms. The minimum atomic E-state index is -0.739. The molecular weight excluding hydrogens is 256 g/mol. The summed E-state index contributed by atoms with van der Waals surface area (Å²) >= 11 is 6.01. The van der Waals surface area contributed by atoms with Crippen LogP contribution in [0.5, 0.6) is 11.5 Å². The lowest BCUT2D eigenvalue weighted by molar-refractivity contribution is -0.118. The molecule has 1 amide bonds. The summed E-state index contributed by atoms with van der Waals surface area (Å²) in [7, 11) is 3.02. The summed E-state index contributed by atoms with van der Waals surface area (Å²) in [4.78, 5) is 11.9. The van der Waals surface area contributed by atoms with E-state index in [9.17, 15) is 4.79 Å². The SMILES string of the molecule is COc1cc(OC)c(NC(=O)C2(N)CC2)cc1Cl. The monoisotopic (exact) mass is 270 g/mol. The number of hydrogen-bond donors (Lipinski definition) is 2. The fraction of sp³-hybridized carbons (Fsp3) is 0.417. The summed E-state index contributed by atoms with van der Waals surface area (Å²) in [6.07, 6.45) is 1.40. The van der Waals surface area contributed by atoms with Crippen LogP contribution in [0.1, 0.15) is 12.8 Å². The van der Waals surface area contributed by atoms with Gasteiger partial charge in [0.25, 0.3) is 0 Å². The fourth-order valence-corrected chi connectivity index (χ4v) is 1.81. The van der Waals surface area contributed by atoms with Crippen LogP contribution >= 0.6 is 11.6 Å². The highest BCUT2D eigenvalue weighted by Gasteiger charge is 2.46. The van der Waals surface area contributed by atoms with E-state index in [0.29, 0.717) is 35.1 Å². The summed E-state index contributed by atoms with van der Waals surface area (Å²) in [5, 5.41) is 3.13. The molecule has 1 aromatic carbocycles. The van der Waals surface area contributed by atoms with Gasteiger partial charge in [-0.15, -0.1) is 0 Å². The average Bonchev–Trinajstić information content (AvgIpc) is 3.09. The maximum absolute atomic E-state index is 11.9. The molecule has 0 bridgehead atoms. The van der Waals surface area contributed by atoms with E-state index in [0.717, 1.165) is 0 Å². The van der Waals surface area contributed by atoms with Gasteiger partial charge in [0, 0.05) is 6.07 Å². The summed E-state index contributed by atoms with van der Waals surface area (Å²) in [5.41, 5.74) is 5.57. The third kappa shape index (κ3) is 2.37. The highest BCUT2D eigenvalue weighted by molar-refractivity contribution is 6.32. The molecule has 6 heteroatoms. The molecule has 5 nitrogen and oxygen atoms in total. The zero-order chi connectivity index (χ0) is 13.3. The number of hydrogen-bond acceptors (Lipinski definition) is 4. The smallest absolute Gasteiger partial charge is 0.244 e. The molecule has 0 unspecified atom stereocenters. The minimum absolute atomic E-state index is 0.220. The molecule has 1 fully saturated rings. The predicted molar refractivity (Wildman–Crippen MR) is 69.3 cm³/mol. The quantitative estimate of drug-likeness (QED) is 0.875. The van der Waals surface area contributed by atoms with Gasteiger partial charge in [-0.3, -0.25) is 4.79 Å². The second-order valence-corrected chi connectivity index (χ2v) is 4.70. The molecular formula is C12H15ClN2O3. The van der Waals surface area contributed by atoms with Crippen LogP contribution in [0.25, 0.3) is 0 Å². The topological polar surface area (TPSA) is 73.6 Å². The van der Waals surface area contributed by atoms with E-state index in [1.54, 1.807) is 12.1 Å². The number of amides is 1. The first-order valence-electron chi connectivity index (χ1n) is 5.52. The highest BCUT2D eigenvalue weighted by Crippen LogP contribution is 2.38. The summed E-state index contributed by atoms with van der Waals surface area (Å²) in [5.74, 6) is 0.747. The van der Waals surface area contributed by atoms with Gasteiger partial charge in [-0.1, -0.05) is 11.6 Å². The molecule has 0 heterocycles. The Labute approximate surface area is 110 Å². The van der Waals surface area contributed by atoms with E-state index in [1.807, 2.05) is 0 Å². The van der Waals surface area contributed by atoms with Crippen LogP contribution in [0.2, 0.25) is 5.02 Å². The second-order valence-electron chi connectivity index (χ2n) is 4.30. The first-order chi connectivity index (χ1) is 8.50. The molecule has 98 valence electrons. The molecule has 1 saturated carbocycles. The van der Waals surface area contributed by atoms with Gasteiger partial charge in [0.15, 0.2) is 0 Å². The average molecular weight is 271 g/mol. The van der Waals surface area contributed by atoms with Crippen LogP contribution in [-0.2, 0) is 4.79 Å². The Bertz CT molecular complexity index is 486. The number of rotatable bonds is 4. The third-order valence-corrected chi connectivity index (χ3v) is 3.26. The molecule has 2 rings (SSSR count). The van der Waals surface area contributed by atoms with Crippen molar-refractivity contribution in [2.75, 3.05) is 19.5 Å². The van der Waals surface area contributed by atoms with E-state index in [2.05, 4.69) is 5.32 Å². The summed E-state index contributed by atoms with van der Waals surface area (Å²) in [6, 6.07) is 3.21. The lowest BCUT2D eigenvalue weighted by Crippen LogP contribution is -2.37. The largest absolute Gasteiger partial charge is 0.495 e. The molecule has 0 aromatic heterocycles. The lowest BCUT2D eigenvalue weighted by Gasteiger charge is -2.15. The van der Waals surface area contributed by atoms with Crippen molar-refractivity contribution in [1.29, 1.82) is 0 Å². The Morgan fingerprint density at radius 1 is 1.33 bits per heavy atom. The molecule has 3 N–H and O–H groups in total. The first-order valence-corrected chi connectivity index (χ1v) is 5.90. The number of halogens is 1. The summed E-state index contributed by atoms with van der Waals surface area (Å²) < 4.78 is 10.3. The standard InChI is InChI=1S/C12H15ClN2O3/c1-17-9-6-10(18-2)8(5-7(9)13)15-11(16)12(14)3-4-12/h5-6H,3-4,14H2,1-2H3,(H,15,16). The highest BCUT2D eigenvalue weighted by atomic mass is 35.5. The van der Waals surface area contributed by atoms with Gasteiger partial charge >= 0.3 is 0 Å². The van der Waals surface area contributed by atoms with E-state index in [4.69, 9.17) is 26.8 Å². The normalized spacial score (nSPS) is 16.0. The van der Waals surface area contributed by atoms with E-state index < -0.39 is 5.54 Å². The van der Waals surface area contributed by atoms with Gasteiger partial charge in [-0.2, -0.15) is 0 Å². The van der Waals surface area contributed by atoms with Crippen LogP contribution in [-0.4, -0.2) is 25.7 Å². The first kappa shape index (κ1) is 13.0. The Morgan fingerprint density at radius 2 is 1.94 bits per heavy atom. The molecule has 0 radical (unpaired) electrons. The van der Waals surface area contributed by atoms with Gasteiger partial charge in [0.1, 0.15) is 11.5 Å². The molecule has 0 aliphatic heterocycles. The molecule has 1 aromatic rings. The van der Waals surface area contributed by atoms with Gasteiger partial charge in [-0.25, -0.2) is 0 Å². The predicted octanol–water partition coefficient (Wildman–Crippen LogP) is 1.79. The van der Waals surface area contributed by atoms with Gasteiger partial charge < -0.3 is 20.5 Å². The van der Waals surface area contributed by atoms with Crippen molar-refractivity contribution in [3.63, 3.8) is 0 Å². The minimum Gasteiger partial charge on any atom is -0.495 e. The molecule has 1 aliphatic carbocycles. The zero-order valence-corrected chi connectivity index (χ0v) is 11.0. The van der Waals surface area contributed by atoms with Crippen molar-refractivity contribution in [3.8, 4) is 11.5 Å². The third-order valence-electron chi connectivity index (χ3n) is 2.96. The number of methoxy groups -OCH3 is 2. The van der Waals surface area contributed by atoms with E-state index >= 15 is 0 Å². The number of nitrogens with one attached hydrogen (secondary N) is 1. The molecule has 1 aliphatic rings. The maximum Gasteiger partial charge on any atom is 0.244 e. The van der Waals surface area contributed by atoms with Crippen LogP contribution in [0.4, 0.5) is 5.69 Å². The molecule has 0 atom stereocenters. The maximum atomic E-state index is 11.9. The van der Waals surface area contributed by atoms with Crippen molar-refractivity contribution in [2.45, 2.75) is 18.4 Å². The van der Waals surface area contributed by atoms with E-state index in [-0.39, 0.29) is 5.91 Å². The fourth-order valence-electron chi connectivity index (χ4n) is 1.57. The number of ether oxygens (including phenoxy) is 2.